The highest BCUT2D eigenvalue weighted by molar-refractivity contribution is 5.98. The smallest absolute Gasteiger partial charge is 0.231 e. The molecule has 1 aromatic heterocycles. The fourth-order valence-corrected chi connectivity index (χ4v) is 2.37. The Balaban J connectivity index is 0.000000540. The van der Waals surface area contributed by atoms with Crippen molar-refractivity contribution in [2.45, 2.75) is 39.7 Å². The fourth-order valence-electron chi connectivity index (χ4n) is 2.37. The molecule has 3 rings (SSSR count). The van der Waals surface area contributed by atoms with Crippen LogP contribution in [0.2, 0.25) is 0 Å². The van der Waals surface area contributed by atoms with Crippen molar-refractivity contribution < 1.29 is 4.79 Å². The highest BCUT2D eigenvalue weighted by Gasteiger charge is 2.25. The van der Waals surface area contributed by atoms with Crippen molar-refractivity contribution in [3.05, 3.63) is 54.4 Å². The van der Waals surface area contributed by atoms with Crippen LogP contribution in [0.4, 0.5) is 0 Å². The molecule has 1 aliphatic rings. The Morgan fingerprint density at radius 3 is 2.44 bits per heavy atom. The van der Waals surface area contributed by atoms with Crippen molar-refractivity contribution in [1.82, 2.24) is 9.88 Å². The highest BCUT2D eigenvalue weighted by atomic mass is 16.2. The zero-order chi connectivity index (χ0) is 20.2. The number of guanidine groups is 1. The molecule has 1 aliphatic heterocycles. The van der Waals surface area contributed by atoms with Gasteiger partial charge in [0.25, 0.3) is 0 Å². The molecule has 2 N–H and O–H groups in total. The van der Waals surface area contributed by atoms with Gasteiger partial charge in [-0.15, -0.1) is 12.3 Å². The third-order valence-corrected chi connectivity index (χ3v) is 3.64. The second-order valence-electron chi connectivity index (χ2n) is 6.02. The Kier molecular flexibility index (Phi) is 9.32. The van der Waals surface area contributed by atoms with Crippen LogP contribution in [0.25, 0.3) is 11.1 Å². The predicted molar refractivity (Wildman–Crippen MR) is 112 cm³/mol. The maximum atomic E-state index is 11.9. The Bertz CT molecular complexity index is 793. The van der Waals surface area contributed by atoms with Gasteiger partial charge in [0.05, 0.1) is 12.5 Å². The predicted octanol–water partition coefficient (Wildman–Crippen LogP) is 4.02. The lowest BCUT2D eigenvalue weighted by Gasteiger charge is -2.25. The molecule has 5 heteroatoms. The number of amides is 1. The van der Waals surface area contributed by atoms with E-state index in [1.54, 1.807) is 20.2 Å². The fraction of sp³-hybridized carbons (Fsp3) is 0.318. The average molecular weight is 364 g/mol. The summed E-state index contributed by atoms with van der Waals surface area (Å²) in [6.07, 6.45) is 9.75. The summed E-state index contributed by atoms with van der Waals surface area (Å²) in [5.74, 6) is 2.50. The number of pyridine rings is 1. The van der Waals surface area contributed by atoms with E-state index < -0.39 is 0 Å². The van der Waals surface area contributed by atoms with Crippen LogP contribution in [0.3, 0.4) is 0 Å². The van der Waals surface area contributed by atoms with Crippen molar-refractivity contribution in [1.29, 1.82) is 0 Å². The molecule has 2 aromatic rings. The second-order valence-corrected chi connectivity index (χ2v) is 6.02. The first-order valence-electron chi connectivity index (χ1n) is 8.95. The zero-order valence-corrected chi connectivity index (χ0v) is 16.5. The SMILES string of the molecule is C#CC.CCC.CN1C(=O)C[C@@H](c2cccc(-c3cccnc3)c2)N=C1N. The molecule has 0 bridgehead atoms. The van der Waals surface area contributed by atoms with E-state index in [0.29, 0.717) is 6.42 Å². The molecule has 0 radical (unpaired) electrons. The largest absolute Gasteiger partial charge is 0.369 e. The first kappa shape index (κ1) is 21.9. The Labute approximate surface area is 162 Å². The van der Waals surface area contributed by atoms with Crippen LogP contribution in [-0.4, -0.2) is 28.8 Å². The van der Waals surface area contributed by atoms with Gasteiger partial charge >= 0.3 is 0 Å². The summed E-state index contributed by atoms with van der Waals surface area (Å²) in [6, 6.07) is 11.7. The van der Waals surface area contributed by atoms with Crippen LogP contribution in [0, 0.1) is 12.3 Å². The van der Waals surface area contributed by atoms with Crippen LogP contribution >= 0.6 is 0 Å². The first-order chi connectivity index (χ1) is 13.0. The summed E-state index contributed by atoms with van der Waals surface area (Å²) in [4.78, 5) is 21.8. The van der Waals surface area contributed by atoms with Crippen molar-refractivity contribution in [2.24, 2.45) is 10.7 Å². The van der Waals surface area contributed by atoms with Crippen LogP contribution in [0.15, 0.2) is 53.8 Å². The van der Waals surface area contributed by atoms with Gasteiger partial charge in [-0.05, 0) is 35.7 Å². The lowest BCUT2D eigenvalue weighted by molar-refractivity contribution is -0.127. The van der Waals surface area contributed by atoms with Gasteiger partial charge in [0.15, 0.2) is 5.96 Å². The Morgan fingerprint density at radius 1 is 1.26 bits per heavy atom. The van der Waals surface area contributed by atoms with Crippen molar-refractivity contribution in [3.8, 4) is 23.5 Å². The number of aromatic nitrogens is 1. The van der Waals surface area contributed by atoms with Gasteiger partial charge in [-0.3, -0.25) is 14.7 Å². The van der Waals surface area contributed by atoms with Gasteiger partial charge < -0.3 is 5.73 Å². The maximum Gasteiger partial charge on any atom is 0.231 e. The summed E-state index contributed by atoms with van der Waals surface area (Å²) in [5.41, 5.74) is 8.87. The van der Waals surface area contributed by atoms with Gasteiger partial charge in [-0.2, -0.15) is 0 Å². The molecule has 142 valence electrons. The number of carbonyl (C=O) groups excluding carboxylic acids is 1. The monoisotopic (exact) mass is 364 g/mol. The number of terminal acetylenes is 1. The molecular formula is C22H28N4O. The third-order valence-electron chi connectivity index (χ3n) is 3.64. The number of benzene rings is 1. The van der Waals surface area contributed by atoms with E-state index in [-0.39, 0.29) is 17.9 Å². The molecule has 5 nitrogen and oxygen atoms in total. The molecular weight excluding hydrogens is 336 g/mol. The zero-order valence-electron chi connectivity index (χ0n) is 16.5. The molecule has 0 spiro atoms. The molecule has 0 aliphatic carbocycles. The van der Waals surface area contributed by atoms with E-state index in [2.05, 4.69) is 36.2 Å². The van der Waals surface area contributed by atoms with Crippen molar-refractivity contribution >= 4 is 11.9 Å². The number of rotatable bonds is 2. The van der Waals surface area contributed by atoms with E-state index in [0.717, 1.165) is 16.7 Å². The van der Waals surface area contributed by atoms with Gasteiger partial charge in [0, 0.05) is 19.4 Å². The molecule has 0 fully saturated rings. The standard InChI is InChI=1S/C16H16N4O.C3H8.C3H4/c1-20-15(21)9-14(19-16(20)17)12-5-2-4-11(8-12)13-6-3-7-18-10-13;2*1-3-2/h2-8,10,14H,9H2,1H3,(H2,17,19);3H2,1-2H3;1H,2H3/t14-;;/m0../s1. The lowest BCUT2D eigenvalue weighted by atomic mass is 9.98. The first-order valence-corrected chi connectivity index (χ1v) is 8.95. The number of nitrogens with zero attached hydrogens (tertiary/aromatic N) is 3. The van der Waals surface area contributed by atoms with Crippen LogP contribution < -0.4 is 5.73 Å². The Hall–Kier alpha value is -3.13. The van der Waals surface area contributed by atoms with Crippen molar-refractivity contribution in [2.75, 3.05) is 7.05 Å². The van der Waals surface area contributed by atoms with Gasteiger partial charge in [0.2, 0.25) is 5.91 Å². The normalized spacial score (nSPS) is 15.4. The topological polar surface area (TPSA) is 71.6 Å². The molecule has 1 aromatic carbocycles. The summed E-state index contributed by atoms with van der Waals surface area (Å²) < 4.78 is 0. The number of hydrogen-bond donors (Lipinski definition) is 1. The van der Waals surface area contributed by atoms with Gasteiger partial charge in [-0.25, -0.2) is 4.99 Å². The minimum atomic E-state index is -0.217. The Morgan fingerprint density at radius 2 is 1.89 bits per heavy atom. The minimum absolute atomic E-state index is 0.0146. The molecule has 0 unspecified atom stereocenters. The van der Waals surface area contributed by atoms with E-state index in [4.69, 9.17) is 5.73 Å². The number of carbonyl (C=O) groups is 1. The van der Waals surface area contributed by atoms with E-state index >= 15 is 0 Å². The van der Waals surface area contributed by atoms with Crippen LogP contribution in [-0.2, 0) is 4.79 Å². The minimum Gasteiger partial charge on any atom is -0.369 e. The van der Waals surface area contributed by atoms with Gasteiger partial charge in [0.1, 0.15) is 0 Å². The highest BCUT2D eigenvalue weighted by Crippen LogP contribution is 2.28. The average Bonchev–Trinajstić information content (AvgIpc) is 2.68. The molecule has 0 saturated heterocycles. The van der Waals surface area contributed by atoms with Crippen LogP contribution in [0.1, 0.15) is 45.2 Å². The molecule has 2 heterocycles. The third kappa shape index (κ3) is 6.59. The summed E-state index contributed by atoms with van der Waals surface area (Å²) in [5, 5.41) is 0. The summed E-state index contributed by atoms with van der Waals surface area (Å²) >= 11 is 0. The van der Waals surface area contributed by atoms with E-state index in [9.17, 15) is 4.79 Å². The van der Waals surface area contributed by atoms with Gasteiger partial charge in [-0.1, -0.05) is 44.5 Å². The molecule has 27 heavy (non-hydrogen) atoms. The molecule has 1 atom stereocenters. The number of aliphatic imine (C=N–C) groups is 1. The summed E-state index contributed by atoms with van der Waals surface area (Å²) in [7, 11) is 1.64. The lowest BCUT2D eigenvalue weighted by Crippen LogP contribution is -2.42. The van der Waals surface area contributed by atoms with Crippen molar-refractivity contribution in [3.63, 3.8) is 0 Å². The molecule has 1 amide bonds. The van der Waals surface area contributed by atoms with E-state index in [1.807, 2.05) is 42.6 Å². The quantitative estimate of drug-likeness (QED) is 0.818. The van der Waals surface area contributed by atoms with E-state index in [1.165, 1.54) is 11.3 Å². The maximum absolute atomic E-state index is 11.9. The number of nitrogens with two attached hydrogens (primary N) is 1. The molecule has 0 saturated carbocycles. The van der Waals surface area contributed by atoms with Crippen LogP contribution in [0.5, 0.6) is 0 Å². The number of hydrogen-bond acceptors (Lipinski definition) is 4. The second kappa shape index (κ2) is 11.5. The summed E-state index contributed by atoms with van der Waals surface area (Å²) in [6.45, 7) is 5.90.